The topological polar surface area (TPSA) is 93.1 Å². The molecule has 1 aromatic carbocycles. The van der Waals surface area contributed by atoms with Gasteiger partial charge in [-0.2, -0.15) is 8.42 Å². The SMILES string of the molecule is COc1ccc(C(O)S(=O)(=O)O)cc1OC. The molecule has 0 heterocycles. The lowest BCUT2D eigenvalue weighted by Gasteiger charge is -2.11. The van der Waals surface area contributed by atoms with Gasteiger partial charge < -0.3 is 14.6 Å². The molecular formula is C9H12O6S. The summed E-state index contributed by atoms with van der Waals surface area (Å²) < 4.78 is 40.0. The first kappa shape index (κ1) is 12.8. The Morgan fingerprint density at radius 3 is 2.19 bits per heavy atom. The minimum Gasteiger partial charge on any atom is -0.493 e. The molecule has 6 nitrogen and oxygen atoms in total. The van der Waals surface area contributed by atoms with Crippen LogP contribution in [-0.4, -0.2) is 32.3 Å². The van der Waals surface area contributed by atoms with Crippen LogP contribution in [0.15, 0.2) is 18.2 Å². The largest absolute Gasteiger partial charge is 0.493 e. The number of benzene rings is 1. The van der Waals surface area contributed by atoms with E-state index in [9.17, 15) is 13.5 Å². The maximum atomic E-state index is 10.7. The van der Waals surface area contributed by atoms with E-state index in [4.69, 9.17) is 14.0 Å². The first-order chi connectivity index (χ1) is 7.40. The molecular weight excluding hydrogens is 236 g/mol. The highest BCUT2D eigenvalue weighted by Gasteiger charge is 2.23. The van der Waals surface area contributed by atoms with Gasteiger partial charge in [0.05, 0.1) is 14.2 Å². The summed E-state index contributed by atoms with van der Waals surface area (Å²) in [6, 6.07) is 4.03. The predicted octanol–water partition coefficient (Wildman–Crippen LogP) is 0.583. The third kappa shape index (κ3) is 2.63. The van der Waals surface area contributed by atoms with E-state index in [2.05, 4.69) is 0 Å². The average Bonchev–Trinajstić information content (AvgIpc) is 2.25. The molecule has 0 aliphatic carbocycles. The van der Waals surface area contributed by atoms with Gasteiger partial charge in [-0.3, -0.25) is 4.55 Å². The highest BCUT2D eigenvalue weighted by molar-refractivity contribution is 7.85. The van der Waals surface area contributed by atoms with Crippen LogP contribution in [0.2, 0.25) is 0 Å². The summed E-state index contributed by atoms with van der Waals surface area (Å²) in [7, 11) is -1.74. The first-order valence-electron chi connectivity index (χ1n) is 4.26. The second kappa shape index (κ2) is 4.69. The molecule has 0 saturated carbocycles. The van der Waals surface area contributed by atoms with Gasteiger partial charge in [-0.15, -0.1) is 0 Å². The Labute approximate surface area is 93.2 Å². The highest BCUT2D eigenvalue weighted by atomic mass is 32.2. The average molecular weight is 248 g/mol. The molecule has 0 aliphatic rings. The van der Waals surface area contributed by atoms with Crippen LogP contribution in [0.25, 0.3) is 0 Å². The second-order valence-electron chi connectivity index (χ2n) is 2.98. The van der Waals surface area contributed by atoms with Crippen LogP contribution in [0.1, 0.15) is 11.0 Å². The number of hydrogen-bond donors (Lipinski definition) is 2. The molecule has 0 spiro atoms. The van der Waals surface area contributed by atoms with Gasteiger partial charge in [0.15, 0.2) is 11.5 Å². The summed E-state index contributed by atoms with van der Waals surface area (Å²) in [5.74, 6) is 0.663. The van der Waals surface area contributed by atoms with Crippen LogP contribution < -0.4 is 9.47 Å². The predicted molar refractivity (Wildman–Crippen MR) is 56.1 cm³/mol. The van der Waals surface area contributed by atoms with E-state index in [0.29, 0.717) is 5.75 Å². The summed E-state index contributed by atoms with van der Waals surface area (Å²) in [4.78, 5) is 0. The lowest BCUT2D eigenvalue weighted by molar-refractivity contribution is 0.237. The monoisotopic (exact) mass is 248 g/mol. The zero-order chi connectivity index (χ0) is 12.3. The van der Waals surface area contributed by atoms with Crippen LogP contribution in [0.4, 0.5) is 0 Å². The molecule has 0 radical (unpaired) electrons. The van der Waals surface area contributed by atoms with Gasteiger partial charge in [0.1, 0.15) is 0 Å². The second-order valence-corrected chi connectivity index (χ2v) is 4.46. The Morgan fingerprint density at radius 1 is 1.19 bits per heavy atom. The molecule has 1 rings (SSSR count). The number of rotatable bonds is 4. The van der Waals surface area contributed by atoms with E-state index in [-0.39, 0.29) is 11.3 Å². The highest BCUT2D eigenvalue weighted by Crippen LogP contribution is 2.31. The van der Waals surface area contributed by atoms with Gasteiger partial charge in [0.25, 0.3) is 10.1 Å². The Hall–Kier alpha value is -1.31. The molecule has 0 bridgehead atoms. The van der Waals surface area contributed by atoms with Gasteiger partial charge in [-0.05, 0) is 12.1 Å². The van der Waals surface area contributed by atoms with Crippen molar-refractivity contribution in [2.24, 2.45) is 0 Å². The number of ether oxygens (including phenoxy) is 2. The Kier molecular flexibility index (Phi) is 3.74. The van der Waals surface area contributed by atoms with Crippen molar-refractivity contribution in [2.75, 3.05) is 14.2 Å². The first-order valence-corrected chi connectivity index (χ1v) is 5.76. The molecule has 0 saturated heterocycles. The summed E-state index contributed by atoms with van der Waals surface area (Å²) in [6.07, 6.45) is 0. The molecule has 16 heavy (non-hydrogen) atoms. The summed E-state index contributed by atoms with van der Waals surface area (Å²) in [5.41, 5.74) is -1.99. The lowest BCUT2D eigenvalue weighted by Crippen LogP contribution is -2.11. The van der Waals surface area contributed by atoms with Crippen molar-refractivity contribution >= 4 is 10.1 Å². The fraction of sp³-hybridized carbons (Fsp3) is 0.333. The van der Waals surface area contributed by atoms with Crippen LogP contribution in [0.5, 0.6) is 11.5 Å². The summed E-state index contributed by atoms with van der Waals surface area (Å²) in [6.45, 7) is 0. The van der Waals surface area contributed by atoms with E-state index in [1.807, 2.05) is 0 Å². The normalized spacial score (nSPS) is 13.2. The van der Waals surface area contributed by atoms with Gasteiger partial charge in [0, 0.05) is 5.56 Å². The molecule has 0 amide bonds. The van der Waals surface area contributed by atoms with Gasteiger partial charge in [-0.25, -0.2) is 0 Å². The van der Waals surface area contributed by atoms with Crippen molar-refractivity contribution in [1.29, 1.82) is 0 Å². The van der Waals surface area contributed by atoms with E-state index in [1.54, 1.807) is 0 Å². The third-order valence-electron chi connectivity index (χ3n) is 1.97. The third-order valence-corrected chi connectivity index (χ3v) is 2.81. The number of aliphatic hydroxyl groups excluding tert-OH is 1. The number of methoxy groups -OCH3 is 2. The van der Waals surface area contributed by atoms with Gasteiger partial charge in [0.2, 0.25) is 5.44 Å². The quantitative estimate of drug-likeness (QED) is 0.757. The molecule has 0 aliphatic heterocycles. The van der Waals surface area contributed by atoms with E-state index in [1.165, 1.54) is 32.4 Å². The van der Waals surface area contributed by atoms with E-state index >= 15 is 0 Å². The van der Waals surface area contributed by atoms with E-state index < -0.39 is 15.6 Å². The summed E-state index contributed by atoms with van der Waals surface area (Å²) in [5, 5.41) is 9.31. The van der Waals surface area contributed by atoms with Crippen LogP contribution in [0, 0.1) is 0 Å². The summed E-state index contributed by atoms with van der Waals surface area (Å²) >= 11 is 0. The molecule has 1 aromatic rings. The Bertz CT molecular complexity index is 467. The smallest absolute Gasteiger partial charge is 0.296 e. The molecule has 2 N–H and O–H groups in total. The van der Waals surface area contributed by atoms with Crippen molar-refractivity contribution in [1.82, 2.24) is 0 Å². The molecule has 7 heteroatoms. The fourth-order valence-electron chi connectivity index (χ4n) is 1.18. The van der Waals surface area contributed by atoms with Crippen molar-refractivity contribution in [3.63, 3.8) is 0 Å². The Morgan fingerprint density at radius 2 is 1.75 bits per heavy atom. The zero-order valence-corrected chi connectivity index (χ0v) is 9.56. The molecule has 0 aromatic heterocycles. The van der Waals surface area contributed by atoms with Crippen molar-refractivity contribution < 1.29 is 27.6 Å². The van der Waals surface area contributed by atoms with Gasteiger partial charge >= 0.3 is 0 Å². The Balaban J connectivity index is 3.18. The van der Waals surface area contributed by atoms with Crippen molar-refractivity contribution in [2.45, 2.75) is 5.44 Å². The number of aliphatic hydroxyl groups is 1. The van der Waals surface area contributed by atoms with Crippen LogP contribution in [-0.2, 0) is 10.1 Å². The maximum Gasteiger partial charge on any atom is 0.296 e. The zero-order valence-electron chi connectivity index (χ0n) is 8.75. The van der Waals surface area contributed by atoms with Crippen molar-refractivity contribution in [3.05, 3.63) is 23.8 Å². The number of hydrogen-bond acceptors (Lipinski definition) is 5. The lowest BCUT2D eigenvalue weighted by atomic mass is 10.2. The van der Waals surface area contributed by atoms with Crippen molar-refractivity contribution in [3.8, 4) is 11.5 Å². The minimum absolute atomic E-state index is 0.000139. The van der Waals surface area contributed by atoms with Crippen LogP contribution >= 0.6 is 0 Å². The fourth-order valence-corrected chi connectivity index (χ4v) is 1.67. The standard InChI is InChI=1S/C9H12O6S/c1-14-7-4-3-6(5-8(7)15-2)9(10)16(11,12)13/h3-5,9-10H,1-2H3,(H,11,12,13). The van der Waals surface area contributed by atoms with Crippen LogP contribution in [0.3, 0.4) is 0 Å². The van der Waals surface area contributed by atoms with Gasteiger partial charge in [-0.1, -0.05) is 6.07 Å². The molecule has 1 unspecified atom stereocenters. The maximum absolute atomic E-state index is 10.7. The molecule has 0 fully saturated rings. The minimum atomic E-state index is -4.54. The van der Waals surface area contributed by atoms with E-state index in [0.717, 1.165) is 0 Å². The molecule has 90 valence electrons. The molecule has 1 atom stereocenters.